The molecule has 0 aromatic carbocycles. The van der Waals surface area contributed by atoms with Crippen LogP contribution in [0.25, 0.3) is 0 Å². The molecule has 108 valence electrons. The van der Waals surface area contributed by atoms with Gasteiger partial charge in [-0.1, -0.05) is 25.7 Å². The lowest BCUT2D eigenvalue weighted by atomic mass is 9.80. The first-order valence-corrected chi connectivity index (χ1v) is 7.32. The van der Waals surface area contributed by atoms with Crippen molar-refractivity contribution in [2.45, 2.75) is 56.5 Å². The summed E-state index contributed by atoms with van der Waals surface area (Å²) in [6.45, 7) is 0. The first kappa shape index (κ1) is 14.5. The highest BCUT2D eigenvalue weighted by Gasteiger charge is 2.39. The van der Waals surface area contributed by atoms with E-state index in [9.17, 15) is 0 Å². The smallest absolute Gasteiger partial charge is 0.138 e. The summed E-state index contributed by atoms with van der Waals surface area (Å²) >= 11 is 0. The van der Waals surface area contributed by atoms with Gasteiger partial charge in [0.05, 0.1) is 0 Å². The Bertz CT molecular complexity index is 390. The zero-order chi connectivity index (χ0) is 13.9. The summed E-state index contributed by atoms with van der Waals surface area (Å²) in [5, 5.41) is 4.14. The fourth-order valence-corrected chi connectivity index (χ4v) is 3.38. The van der Waals surface area contributed by atoms with Crippen LogP contribution in [0.15, 0.2) is 6.33 Å². The fraction of sp³-hybridized carbons (Fsp3) is 0.857. The maximum Gasteiger partial charge on any atom is 0.138 e. The van der Waals surface area contributed by atoms with Crippen LogP contribution >= 0.6 is 0 Å². The van der Waals surface area contributed by atoms with Gasteiger partial charge in [-0.2, -0.15) is 5.10 Å². The Labute approximate surface area is 116 Å². The van der Waals surface area contributed by atoms with Gasteiger partial charge in [-0.05, 0) is 26.9 Å². The van der Waals surface area contributed by atoms with Crippen LogP contribution in [0.5, 0.6) is 0 Å². The molecule has 1 aliphatic rings. The Morgan fingerprint density at radius 3 is 2.42 bits per heavy atom. The summed E-state index contributed by atoms with van der Waals surface area (Å²) in [5.41, 5.74) is 6.70. The lowest BCUT2D eigenvalue weighted by Crippen LogP contribution is -2.58. The Morgan fingerprint density at radius 2 is 1.95 bits per heavy atom. The Hall–Kier alpha value is -0.940. The van der Waals surface area contributed by atoms with Crippen LogP contribution in [-0.4, -0.2) is 45.3 Å². The van der Waals surface area contributed by atoms with Crippen LogP contribution in [0.4, 0.5) is 0 Å². The molecule has 2 N–H and O–H groups in total. The summed E-state index contributed by atoms with van der Waals surface area (Å²) in [7, 11) is 6.27. The maximum absolute atomic E-state index is 6.59. The largest absolute Gasteiger partial charge is 0.326 e. The van der Waals surface area contributed by atoms with Gasteiger partial charge < -0.3 is 10.6 Å². The number of nitrogens with two attached hydrogens (primary N) is 1. The lowest BCUT2D eigenvalue weighted by molar-refractivity contribution is 0.0956. The van der Waals surface area contributed by atoms with Gasteiger partial charge >= 0.3 is 0 Å². The molecule has 1 atom stereocenters. The molecule has 0 saturated heterocycles. The van der Waals surface area contributed by atoms with Gasteiger partial charge in [-0.15, -0.1) is 0 Å². The van der Waals surface area contributed by atoms with Crippen LogP contribution < -0.4 is 5.73 Å². The molecule has 2 rings (SSSR count). The van der Waals surface area contributed by atoms with Crippen LogP contribution in [0, 0.1) is 0 Å². The third-order valence-electron chi connectivity index (χ3n) is 4.76. The van der Waals surface area contributed by atoms with E-state index in [1.165, 1.54) is 38.5 Å². The van der Waals surface area contributed by atoms with Gasteiger partial charge in [-0.25, -0.2) is 4.98 Å². The van der Waals surface area contributed by atoms with E-state index >= 15 is 0 Å². The second-order valence-corrected chi connectivity index (χ2v) is 6.02. The number of rotatable bonds is 4. The summed E-state index contributed by atoms with van der Waals surface area (Å²) in [6, 6.07) is 0.114. The van der Waals surface area contributed by atoms with Crippen LogP contribution in [-0.2, 0) is 13.5 Å². The van der Waals surface area contributed by atoms with E-state index in [1.807, 2.05) is 11.7 Å². The van der Waals surface area contributed by atoms with Crippen molar-refractivity contribution >= 4 is 0 Å². The predicted molar refractivity (Wildman–Crippen MR) is 76.8 cm³/mol. The molecule has 1 aromatic heterocycles. The molecule has 1 aliphatic carbocycles. The Kier molecular flexibility index (Phi) is 4.58. The quantitative estimate of drug-likeness (QED) is 0.835. The fourth-order valence-electron chi connectivity index (χ4n) is 3.38. The van der Waals surface area contributed by atoms with E-state index in [4.69, 9.17) is 5.73 Å². The van der Waals surface area contributed by atoms with Crippen molar-refractivity contribution in [3.63, 3.8) is 0 Å². The van der Waals surface area contributed by atoms with Gasteiger partial charge in [0.1, 0.15) is 12.2 Å². The molecular weight excluding hydrogens is 238 g/mol. The van der Waals surface area contributed by atoms with Crippen LogP contribution in [0.1, 0.15) is 44.3 Å². The van der Waals surface area contributed by atoms with Gasteiger partial charge in [0.15, 0.2) is 0 Å². The van der Waals surface area contributed by atoms with Crippen molar-refractivity contribution in [1.82, 2.24) is 19.7 Å². The second kappa shape index (κ2) is 6.01. The van der Waals surface area contributed by atoms with Gasteiger partial charge in [-0.3, -0.25) is 4.68 Å². The van der Waals surface area contributed by atoms with Gasteiger partial charge in [0.2, 0.25) is 0 Å². The molecule has 19 heavy (non-hydrogen) atoms. The minimum atomic E-state index is 0.114. The molecule has 1 aromatic rings. The minimum absolute atomic E-state index is 0.114. The predicted octanol–water partition coefficient (Wildman–Crippen LogP) is 1.34. The summed E-state index contributed by atoms with van der Waals surface area (Å²) in [6.07, 6.45) is 10.0. The van der Waals surface area contributed by atoms with Gasteiger partial charge in [0, 0.05) is 25.0 Å². The van der Waals surface area contributed by atoms with Crippen molar-refractivity contribution < 1.29 is 0 Å². The molecule has 0 amide bonds. The molecular formula is C14H27N5. The third-order valence-corrected chi connectivity index (χ3v) is 4.76. The molecule has 1 heterocycles. The lowest BCUT2D eigenvalue weighted by Gasteiger charge is -2.44. The maximum atomic E-state index is 6.59. The zero-order valence-electron chi connectivity index (χ0n) is 12.5. The standard InChI is InChI=1S/C14H27N5/c1-18(2)14(8-6-4-5-7-9-14)12(15)10-13-16-11-17-19(13)3/h11-12H,4-10,15H2,1-3H3. The Morgan fingerprint density at radius 1 is 1.32 bits per heavy atom. The minimum Gasteiger partial charge on any atom is -0.326 e. The van der Waals surface area contributed by atoms with E-state index in [0.29, 0.717) is 0 Å². The van der Waals surface area contributed by atoms with Crippen molar-refractivity contribution in [3.8, 4) is 0 Å². The Balaban J connectivity index is 2.16. The monoisotopic (exact) mass is 265 g/mol. The molecule has 1 fully saturated rings. The van der Waals surface area contributed by atoms with E-state index in [1.54, 1.807) is 6.33 Å². The van der Waals surface area contributed by atoms with Crippen LogP contribution in [0.3, 0.4) is 0 Å². The first-order valence-electron chi connectivity index (χ1n) is 7.32. The number of likely N-dealkylation sites (N-methyl/N-ethyl adjacent to an activating group) is 1. The molecule has 5 heteroatoms. The number of nitrogens with zero attached hydrogens (tertiary/aromatic N) is 4. The molecule has 1 saturated carbocycles. The van der Waals surface area contributed by atoms with Crippen molar-refractivity contribution in [2.75, 3.05) is 14.1 Å². The third kappa shape index (κ3) is 2.98. The summed E-state index contributed by atoms with van der Waals surface area (Å²) in [4.78, 5) is 6.66. The summed E-state index contributed by atoms with van der Waals surface area (Å²) in [5.74, 6) is 0.984. The highest BCUT2D eigenvalue weighted by Crippen LogP contribution is 2.34. The molecule has 0 bridgehead atoms. The number of hydrogen-bond acceptors (Lipinski definition) is 4. The van der Waals surface area contributed by atoms with Crippen LogP contribution in [0.2, 0.25) is 0 Å². The SMILES string of the molecule is CN(C)C1(C(N)Cc2ncnn2C)CCCCCC1. The number of aryl methyl sites for hydroxylation is 1. The molecule has 0 radical (unpaired) electrons. The van der Waals surface area contributed by atoms with Crippen molar-refractivity contribution in [1.29, 1.82) is 0 Å². The summed E-state index contributed by atoms with van der Waals surface area (Å²) < 4.78 is 1.83. The highest BCUT2D eigenvalue weighted by atomic mass is 15.3. The van der Waals surface area contributed by atoms with E-state index in [0.717, 1.165) is 12.2 Å². The first-order chi connectivity index (χ1) is 9.06. The number of aromatic nitrogens is 3. The topological polar surface area (TPSA) is 60.0 Å². The molecule has 5 nitrogen and oxygen atoms in total. The molecule has 1 unspecified atom stereocenters. The van der Waals surface area contributed by atoms with E-state index in [2.05, 4.69) is 29.1 Å². The zero-order valence-corrected chi connectivity index (χ0v) is 12.5. The average Bonchev–Trinajstić information content (AvgIpc) is 2.66. The number of hydrogen-bond donors (Lipinski definition) is 1. The van der Waals surface area contributed by atoms with E-state index in [-0.39, 0.29) is 11.6 Å². The van der Waals surface area contributed by atoms with Crippen molar-refractivity contribution in [3.05, 3.63) is 12.2 Å². The second-order valence-electron chi connectivity index (χ2n) is 6.02. The normalized spacial score (nSPS) is 21.3. The highest BCUT2D eigenvalue weighted by molar-refractivity contribution is 5.03. The molecule has 0 aliphatic heterocycles. The average molecular weight is 265 g/mol. The van der Waals surface area contributed by atoms with Gasteiger partial charge in [0.25, 0.3) is 0 Å². The van der Waals surface area contributed by atoms with E-state index < -0.39 is 0 Å². The molecule has 0 spiro atoms. The van der Waals surface area contributed by atoms with Crippen molar-refractivity contribution in [2.24, 2.45) is 12.8 Å².